The lowest BCUT2D eigenvalue weighted by molar-refractivity contribution is -0.116. The van der Waals surface area contributed by atoms with E-state index in [1.54, 1.807) is 0 Å². The van der Waals surface area contributed by atoms with Crippen molar-refractivity contribution in [3.8, 4) is 0 Å². The summed E-state index contributed by atoms with van der Waals surface area (Å²) in [5.41, 5.74) is -0.249. The number of nitrogens with one attached hydrogen (secondary N) is 1. The summed E-state index contributed by atoms with van der Waals surface area (Å²) in [6.07, 6.45) is 1.44. The molecule has 0 aromatic heterocycles. The SMILES string of the molecule is O=C(O)c1c(Cl)cccc1NC(=O)C1CCCCS1(=O)=O. The van der Waals surface area contributed by atoms with Crippen molar-refractivity contribution in [1.82, 2.24) is 0 Å². The number of benzene rings is 1. The Morgan fingerprint density at radius 1 is 1.29 bits per heavy atom. The molecule has 8 heteroatoms. The Morgan fingerprint density at radius 3 is 2.62 bits per heavy atom. The number of hydrogen-bond acceptors (Lipinski definition) is 4. The highest BCUT2D eigenvalue weighted by Crippen LogP contribution is 2.26. The average molecular weight is 332 g/mol. The summed E-state index contributed by atoms with van der Waals surface area (Å²) >= 11 is 5.80. The number of carbonyl (C=O) groups excluding carboxylic acids is 1. The molecular weight excluding hydrogens is 318 g/mol. The van der Waals surface area contributed by atoms with Gasteiger partial charge in [0.05, 0.1) is 16.5 Å². The molecule has 1 saturated heterocycles. The molecule has 0 bridgehead atoms. The topological polar surface area (TPSA) is 101 Å². The van der Waals surface area contributed by atoms with Crippen LogP contribution in [0.2, 0.25) is 5.02 Å². The van der Waals surface area contributed by atoms with Crippen molar-refractivity contribution in [3.05, 3.63) is 28.8 Å². The van der Waals surface area contributed by atoms with E-state index in [9.17, 15) is 18.0 Å². The standard InChI is InChI=1S/C13H14ClNO5S/c14-8-4-3-5-9(11(8)13(17)18)15-12(16)10-6-1-2-7-21(10,19)20/h3-5,10H,1-2,6-7H2,(H,15,16)(H,17,18). The number of carboxylic acid groups (broad SMARTS) is 1. The molecule has 1 fully saturated rings. The van der Waals surface area contributed by atoms with Crippen LogP contribution < -0.4 is 5.32 Å². The van der Waals surface area contributed by atoms with Crippen molar-refractivity contribution in [2.75, 3.05) is 11.1 Å². The molecule has 1 aliphatic rings. The van der Waals surface area contributed by atoms with Gasteiger partial charge in [-0.25, -0.2) is 13.2 Å². The predicted molar refractivity (Wildman–Crippen MR) is 78.5 cm³/mol. The second kappa shape index (κ2) is 6.03. The molecule has 1 unspecified atom stereocenters. The number of halogens is 1. The largest absolute Gasteiger partial charge is 0.478 e. The Hall–Kier alpha value is -1.60. The van der Waals surface area contributed by atoms with E-state index >= 15 is 0 Å². The van der Waals surface area contributed by atoms with E-state index in [-0.39, 0.29) is 28.4 Å². The van der Waals surface area contributed by atoms with Gasteiger partial charge in [0.2, 0.25) is 5.91 Å². The number of amides is 1. The van der Waals surface area contributed by atoms with Crippen LogP contribution in [0.3, 0.4) is 0 Å². The molecule has 1 aromatic carbocycles. The van der Waals surface area contributed by atoms with Gasteiger partial charge in [-0.15, -0.1) is 0 Å². The van der Waals surface area contributed by atoms with E-state index in [0.29, 0.717) is 12.8 Å². The third kappa shape index (κ3) is 3.36. The first kappa shape index (κ1) is 15.8. The highest BCUT2D eigenvalue weighted by molar-refractivity contribution is 7.92. The van der Waals surface area contributed by atoms with E-state index in [1.165, 1.54) is 18.2 Å². The minimum atomic E-state index is -3.48. The Balaban J connectivity index is 2.28. The Labute approximate surface area is 127 Å². The number of hydrogen-bond donors (Lipinski definition) is 2. The molecule has 21 heavy (non-hydrogen) atoms. The van der Waals surface area contributed by atoms with Gasteiger partial charge >= 0.3 is 5.97 Å². The maximum absolute atomic E-state index is 12.1. The number of rotatable bonds is 3. The zero-order chi connectivity index (χ0) is 15.6. The van der Waals surface area contributed by atoms with Crippen LogP contribution >= 0.6 is 11.6 Å². The Kier molecular flexibility index (Phi) is 4.53. The predicted octanol–water partition coefficient (Wildman–Crippen LogP) is 1.94. The van der Waals surface area contributed by atoms with Crippen molar-refractivity contribution >= 4 is 39.0 Å². The highest BCUT2D eigenvalue weighted by atomic mass is 35.5. The van der Waals surface area contributed by atoms with Crippen LogP contribution in [0, 0.1) is 0 Å². The maximum Gasteiger partial charge on any atom is 0.339 e. The third-order valence-corrected chi connectivity index (χ3v) is 5.85. The van der Waals surface area contributed by atoms with Gasteiger partial charge in [-0.1, -0.05) is 24.1 Å². The van der Waals surface area contributed by atoms with Crippen molar-refractivity contribution < 1.29 is 23.1 Å². The normalized spacial score (nSPS) is 20.7. The molecule has 0 radical (unpaired) electrons. The van der Waals surface area contributed by atoms with Gasteiger partial charge in [0, 0.05) is 0 Å². The molecule has 1 heterocycles. The number of carboxylic acids is 1. The second-order valence-corrected chi connectivity index (χ2v) is 7.52. The molecule has 114 valence electrons. The molecule has 0 saturated carbocycles. The van der Waals surface area contributed by atoms with Gasteiger partial charge in [-0.3, -0.25) is 4.79 Å². The van der Waals surface area contributed by atoms with E-state index in [2.05, 4.69) is 5.32 Å². The lowest BCUT2D eigenvalue weighted by Gasteiger charge is -2.21. The van der Waals surface area contributed by atoms with Gasteiger partial charge < -0.3 is 10.4 Å². The van der Waals surface area contributed by atoms with Crippen molar-refractivity contribution in [2.45, 2.75) is 24.5 Å². The smallest absolute Gasteiger partial charge is 0.339 e. The van der Waals surface area contributed by atoms with Crippen LogP contribution in [0.15, 0.2) is 18.2 Å². The highest BCUT2D eigenvalue weighted by Gasteiger charge is 2.35. The summed E-state index contributed by atoms with van der Waals surface area (Å²) < 4.78 is 23.8. The molecule has 1 aromatic rings. The molecule has 6 nitrogen and oxygen atoms in total. The first-order valence-corrected chi connectivity index (χ1v) is 8.46. The molecule has 1 atom stereocenters. The number of sulfone groups is 1. The number of carbonyl (C=O) groups is 2. The minimum absolute atomic E-state index is 0.000716. The maximum atomic E-state index is 12.1. The van der Waals surface area contributed by atoms with E-state index in [0.717, 1.165) is 0 Å². The summed E-state index contributed by atoms with van der Waals surface area (Å²) in [5.74, 6) is -2.02. The lowest BCUT2D eigenvalue weighted by atomic mass is 10.1. The monoisotopic (exact) mass is 331 g/mol. The molecule has 1 amide bonds. The summed E-state index contributed by atoms with van der Waals surface area (Å²) in [7, 11) is -3.48. The molecule has 0 aliphatic carbocycles. The van der Waals surface area contributed by atoms with Gasteiger partial charge in [-0.05, 0) is 25.0 Å². The molecular formula is C13H14ClNO5S. The number of anilines is 1. The first-order chi connectivity index (χ1) is 9.83. The fourth-order valence-corrected chi connectivity index (χ4v) is 4.37. The van der Waals surface area contributed by atoms with Crippen molar-refractivity contribution in [2.24, 2.45) is 0 Å². The lowest BCUT2D eigenvalue weighted by Crippen LogP contribution is -2.39. The molecule has 1 aliphatic heterocycles. The number of aromatic carboxylic acids is 1. The van der Waals surface area contributed by atoms with Crippen LogP contribution in [0.1, 0.15) is 29.6 Å². The molecule has 2 rings (SSSR count). The van der Waals surface area contributed by atoms with E-state index < -0.39 is 27.0 Å². The van der Waals surface area contributed by atoms with Crippen LogP contribution in [0.5, 0.6) is 0 Å². The van der Waals surface area contributed by atoms with Crippen LogP contribution in [0.25, 0.3) is 0 Å². The summed E-state index contributed by atoms with van der Waals surface area (Å²) in [6, 6.07) is 4.25. The zero-order valence-corrected chi connectivity index (χ0v) is 12.6. The van der Waals surface area contributed by atoms with Crippen molar-refractivity contribution in [1.29, 1.82) is 0 Å². The second-order valence-electron chi connectivity index (χ2n) is 4.81. The van der Waals surface area contributed by atoms with E-state index in [1.807, 2.05) is 0 Å². The molecule has 0 spiro atoms. The zero-order valence-electron chi connectivity index (χ0n) is 11.0. The summed E-state index contributed by atoms with van der Waals surface area (Å²) in [6.45, 7) is 0. The van der Waals surface area contributed by atoms with Crippen LogP contribution in [-0.2, 0) is 14.6 Å². The van der Waals surface area contributed by atoms with Gasteiger partial charge in [0.25, 0.3) is 0 Å². The fraction of sp³-hybridized carbons (Fsp3) is 0.385. The summed E-state index contributed by atoms with van der Waals surface area (Å²) in [5, 5.41) is 10.3. The van der Waals surface area contributed by atoms with Gasteiger partial charge in [0.1, 0.15) is 10.8 Å². The van der Waals surface area contributed by atoms with Crippen LogP contribution in [-0.4, -0.2) is 36.4 Å². The van der Waals surface area contributed by atoms with Crippen LogP contribution in [0.4, 0.5) is 5.69 Å². The quantitative estimate of drug-likeness (QED) is 0.881. The third-order valence-electron chi connectivity index (χ3n) is 3.36. The Bertz CT molecular complexity index is 686. The fourth-order valence-electron chi connectivity index (χ4n) is 2.31. The average Bonchev–Trinajstić information content (AvgIpc) is 2.37. The molecule has 2 N–H and O–H groups in total. The van der Waals surface area contributed by atoms with E-state index in [4.69, 9.17) is 16.7 Å². The van der Waals surface area contributed by atoms with Gasteiger partial charge in [-0.2, -0.15) is 0 Å². The Morgan fingerprint density at radius 2 is 2.00 bits per heavy atom. The van der Waals surface area contributed by atoms with Gasteiger partial charge in [0.15, 0.2) is 9.84 Å². The first-order valence-electron chi connectivity index (χ1n) is 6.37. The van der Waals surface area contributed by atoms with Crippen molar-refractivity contribution in [3.63, 3.8) is 0 Å². The minimum Gasteiger partial charge on any atom is -0.478 e. The summed E-state index contributed by atoms with van der Waals surface area (Å²) in [4.78, 5) is 23.3.